The number of hydrogen-bond donors (Lipinski definition) is 2. The number of H-pyrrole nitrogens is 1. The molecular formula is C19H15ClN4O3S. The molecule has 0 unspecified atom stereocenters. The van der Waals surface area contributed by atoms with Gasteiger partial charge in [-0.25, -0.2) is 13.5 Å². The van der Waals surface area contributed by atoms with Gasteiger partial charge in [0.25, 0.3) is 5.56 Å². The van der Waals surface area contributed by atoms with Crippen molar-refractivity contribution in [2.45, 2.75) is 16.3 Å². The highest BCUT2D eigenvalue weighted by atomic mass is 35.5. The molecule has 0 radical (unpaired) electrons. The lowest BCUT2D eigenvalue weighted by Gasteiger charge is -2.09. The molecule has 2 heterocycles. The summed E-state index contributed by atoms with van der Waals surface area (Å²) in [5.74, 6) is -0.0210. The summed E-state index contributed by atoms with van der Waals surface area (Å²) >= 11 is 5.87. The molecule has 0 amide bonds. The van der Waals surface area contributed by atoms with Gasteiger partial charge in [-0.1, -0.05) is 41.9 Å². The zero-order chi connectivity index (χ0) is 19.9. The van der Waals surface area contributed by atoms with Crippen LogP contribution in [0.2, 0.25) is 5.02 Å². The number of aromatic amines is 1. The monoisotopic (exact) mass is 414 g/mol. The number of nitrogens with two attached hydrogens (primary N) is 1. The van der Waals surface area contributed by atoms with Gasteiger partial charge in [0.2, 0.25) is 9.84 Å². The molecule has 4 rings (SSSR count). The van der Waals surface area contributed by atoms with Gasteiger partial charge in [-0.15, -0.1) is 0 Å². The highest BCUT2D eigenvalue weighted by molar-refractivity contribution is 7.92. The fraction of sp³-hybridized carbons (Fsp3) is 0.0526. The molecular weight excluding hydrogens is 400 g/mol. The van der Waals surface area contributed by atoms with Crippen LogP contribution in [0.3, 0.4) is 0 Å². The minimum Gasteiger partial charge on any atom is -0.384 e. The Hall–Kier alpha value is -3.10. The minimum atomic E-state index is -4.00. The van der Waals surface area contributed by atoms with Crippen LogP contribution in [0.25, 0.3) is 10.9 Å². The molecule has 142 valence electrons. The summed E-state index contributed by atoms with van der Waals surface area (Å²) in [5, 5.41) is 6.70. The first-order chi connectivity index (χ1) is 13.4. The van der Waals surface area contributed by atoms with Crippen LogP contribution in [-0.4, -0.2) is 23.2 Å². The summed E-state index contributed by atoms with van der Waals surface area (Å²) in [6.45, 7) is 0.242. The smallest absolute Gasteiger partial charge is 0.288 e. The zero-order valence-corrected chi connectivity index (χ0v) is 16.0. The second-order valence-corrected chi connectivity index (χ2v) is 8.53. The number of benzene rings is 2. The van der Waals surface area contributed by atoms with E-state index < -0.39 is 15.4 Å². The molecule has 0 aliphatic carbocycles. The van der Waals surface area contributed by atoms with Crippen LogP contribution < -0.4 is 11.3 Å². The molecule has 0 bridgehead atoms. The summed E-state index contributed by atoms with van der Waals surface area (Å²) < 4.78 is 28.1. The van der Waals surface area contributed by atoms with Crippen LogP contribution >= 0.6 is 11.6 Å². The number of nitrogen functional groups attached to an aromatic ring is 1. The predicted molar refractivity (Wildman–Crippen MR) is 107 cm³/mol. The quantitative estimate of drug-likeness (QED) is 0.533. The van der Waals surface area contributed by atoms with E-state index in [0.29, 0.717) is 5.02 Å². The minimum absolute atomic E-state index is 0.0210. The summed E-state index contributed by atoms with van der Waals surface area (Å²) in [7, 11) is -4.00. The highest BCUT2D eigenvalue weighted by Gasteiger charge is 2.29. The van der Waals surface area contributed by atoms with E-state index in [1.54, 1.807) is 0 Å². The molecule has 0 aliphatic rings. The highest BCUT2D eigenvalue weighted by Crippen LogP contribution is 2.35. The molecule has 2 aromatic carbocycles. The first-order valence-corrected chi connectivity index (χ1v) is 10.2. The second kappa shape index (κ2) is 6.81. The van der Waals surface area contributed by atoms with Gasteiger partial charge >= 0.3 is 0 Å². The third-order valence-electron chi connectivity index (χ3n) is 4.44. The van der Waals surface area contributed by atoms with Gasteiger partial charge in [0.15, 0.2) is 0 Å². The number of aromatic nitrogens is 3. The van der Waals surface area contributed by atoms with Crippen molar-refractivity contribution in [1.29, 1.82) is 0 Å². The van der Waals surface area contributed by atoms with Gasteiger partial charge in [0.05, 0.1) is 11.1 Å². The number of anilines is 1. The topological polar surface area (TPSA) is 111 Å². The normalized spacial score (nSPS) is 11.8. The van der Waals surface area contributed by atoms with E-state index in [4.69, 9.17) is 17.3 Å². The van der Waals surface area contributed by atoms with E-state index in [1.165, 1.54) is 35.0 Å². The summed E-state index contributed by atoms with van der Waals surface area (Å²) in [5.41, 5.74) is 6.78. The summed E-state index contributed by atoms with van der Waals surface area (Å²) in [6, 6.07) is 15.1. The Morgan fingerprint density at radius 3 is 2.43 bits per heavy atom. The first-order valence-electron chi connectivity index (χ1n) is 8.29. The Kier molecular flexibility index (Phi) is 4.44. The van der Waals surface area contributed by atoms with Crippen molar-refractivity contribution in [2.24, 2.45) is 0 Å². The maximum Gasteiger partial charge on any atom is 0.288 e. The molecule has 4 aromatic rings. The summed E-state index contributed by atoms with van der Waals surface area (Å²) in [6.07, 6.45) is 1.30. The molecule has 9 heteroatoms. The van der Waals surface area contributed by atoms with Crippen LogP contribution in [0.1, 0.15) is 5.56 Å². The van der Waals surface area contributed by atoms with Crippen molar-refractivity contribution in [1.82, 2.24) is 14.8 Å². The average molecular weight is 415 g/mol. The SMILES string of the molecule is Nc1c(S(=O)(=O)c2ccc(Cl)cc2)c2cn[nH]c(=O)c2n1Cc1ccccc1. The maximum atomic E-state index is 13.3. The molecule has 0 fully saturated rings. The standard InChI is InChI=1S/C19H15ClN4O3S/c20-13-6-8-14(9-7-13)28(26,27)17-15-10-22-23-19(25)16(15)24(18(17)21)11-12-4-2-1-3-5-12/h1-10H,11,21H2,(H,23,25). The van der Waals surface area contributed by atoms with Crippen LogP contribution in [0.5, 0.6) is 0 Å². The van der Waals surface area contributed by atoms with Crippen molar-refractivity contribution >= 4 is 38.2 Å². The predicted octanol–water partition coefficient (Wildman–Crippen LogP) is 2.84. The molecule has 3 N–H and O–H groups in total. The number of hydrogen-bond acceptors (Lipinski definition) is 5. The van der Waals surface area contributed by atoms with Crippen molar-refractivity contribution in [3.05, 3.63) is 81.7 Å². The van der Waals surface area contributed by atoms with Crippen molar-refractivity contribution < 1.29 is 8.42 Å². The van der Waals surface area contributed by atoms with E-state index >= 15 is 0 Å². The Morgan fingerprint density at radius 2 is 1.75 bits per heavy atom. The van der Waals surface area contributed by atoms with E-state index in [0.717, 1.165) is 5.56 Å². The number of halogens is 1. The Balaban J connectivity index is 2.00. The van der Waals surface area contributed by atoms with Gasteiger partial charge in [-0.3, -0.25) is 4.79 Å². The molecule has 7 nitrogen and oxygen atoms in total. The number of sulfone groups is 1. The Bertz CT molecular complexity index is 1330. The Morgan fingerprint density at radius 1 is 1.07 bits per heavy atom. The van der Waals surface area contributed by atoms with Gasteiger partial charge in [0.1, 0.15) is 16.2 Å². The van der Waals surface area contributed by atoms with E-state index in [-0.39, 0.29) is 33.1 Å². The van der Waals surface area contributed by atoms with Gasteiger partial charge < -0.3 is 10.3 Å². The lowest BCUT2D eigenvalue weighted by Crippen LogP contribution is -2.14. The van der Waals surface area contributed by atoms with Gasteiger partial charge in [-0.05, 0) is 29.8 Å². The zero-order valence-electron chi connectivity index (χ0n) is 14.5. The molecule has 0 saturated carbocycles. The maximum absolute atomic E-state index is 13.3. The summed E-state index contributed by atoms with van der Waals surface area (Å²) in [4.78, 5) is 12.3. The van der Waals surface area contributed by atoms with Crippen molar-refractivity contribution in [2.75, 3.05) is 5.73 Å². The largest absolute Gasteiger partial charge is 0.384 e. The van der Waals surface area contributed by atoms with Crippen LogP contribution in [-0.2, 0) is 16.4 Å². The molecule has 0 saturated heterocycles. The third kappa shape index (κ3) is 2.96. The van der Waals surface area contributed by atoms with Crippen LogP contribution in [0.15, 0.2) is 75.4 Å². The van der Waals surface area contributed by atoms with E-state index in [1.807, 2.05) is 30.3 Å². The molecule has 0 aliphatic heterocycles. The lowest BCUT2D eigenvalue weighted by molar-refractivity contribution is 0.597. The van der Waals surface area contributed by atoms with Gasteiger partial charge in [0, 0.05) is 17.0 Å². The number of rotatable bonds is 4. The Labute approximate surface area is 165 Å². The molecule has 2 aromatic heterocycles. The van der Waals surface area contributed by atoms with Gasteiger partial charge in [-0.2, -0.15) is 5.10 Å². The number of fused-ring (bicyclic) bond motifs is 1. The molecule has 0 atom stereocenters. The second-order valence-electron chi connectivity index (χ2n) is 6.20. The molecule has 28 heavy (non-hydrogen) atoms. The van der Waals surface area contributed by atoms with E-state index in [2.05, 4.69) is 10.2 Å². The lowest BCUT2D eigenvalue weighted by atomic mass is 10.2. The fourth-order valence-corrected chi connectivity index (χ4v) is 4.83. The molecule has 0 spiro atoms. The van der Waals surface area contributed by atoms with E-state index in [9.17, 15) is 13.2 Å². The van der Waals surface area contributed by atoms with Crippen LogP contribution in [0, 0.1) is 0 Å². The number of nitrogens with zero attached hydrogens (tertiary/aromatic N) is 2. The van der Waals surface area contributed by atoms with Crippen molar-refractivity contribution in [3.8, 4) is 0 Å². The van der Waals surface area contributed by atoms with Crippen molar-refractivity contribution in [3.63, 3.8) is 0 Å². The first kappa shape index (κ1) is 18.3. The average Bonchev–Trinajstić information content (AvgIpc) is 2.96. The number of nitrogens with one attached hydrogen (secondary N) is 1. The fourth-order valence-electron chi connectivity index (χ4n) is 3.15. The third-order valence-corrected chi connectivity index (χ3v) is 6.56. The van der Waals surface area contributed by atoms with Crippen LogP contribution in [0.4, 0.5) is 5.82 Å².